The van der Waals surface area contributed by atoms with E-state index in [0.29, 0.717) is 6.42 Å². The summed E-state index contributed by atoms with van der Waals surface area (Å²) in [5, 5.41) is 8.02. The van der Waals surface area contributed by atoms with E-state index in [-0.39, 0.29) is 5.85 Å². The second-order valence-electron chi connectivity index (χ2n) is 1.74. The summed E-state index contributed by atoms with van der Waals surface area (Å²) in [6.45, 7) is 0. The number of ether oxygens (including phenoxy) is 1. The average Bonchev–Trinajstić information content (AvgIpc) is 2.18. The van der Waals surface area contributed by atoms with Gasteiger partial charge in [0.05, 0.1) is 0 Å². The molecule has 0 bridgehead atoms. The van der Waals surface area contributed by atoms with Gasteiger partial charge in [0.25, 0.3) is 6.26 Å². The maximum Gasteiger partial charge on any atom is 0.287 e. The lowest BCUT2D eigenvalue weighted by Crippen LogP contribution is -1.97. The van der Waals surface area contributed by atoms with Crippen LogP contribution >= 0.6 is 7.80 Å². The van der Waals surface area contributed by atoms with Crippen LogP contribution < -0.4 is 0 Å². The summed E-state index contributed by atoms with van der Waals surface area (Å²) in [6.07, 6.45) is 3.92. The zero-order chi connectivity index (χ0) is 6.69. The Hall–Kier alpha value is -0.740. The lowest BCUT2D eigenvalue weighted by atomic mass is 10.5. The lowest BCUT2D eigenvalue weighted by molar-refractivity contribution is 0.239. The molecule has 0 amide bonds. The van der Waals surface area contributed by atoms with E-state index in [0.717, 1.165) is 0 Å². The first-order valence-corrected chi connectivity index (χ1v) is 4.16. The first kappa shape index (κ1) is 6.38. The summed E-state index contributed by atoms with van der Waals surface area (Å²) in [7, 11) is -1.73. The number of hydrogen-bond donors (Lipinski definition) is 0. The highest BCUT2D eigenvalue weighted by Crippen LogP contribution is 2.38. The normalized spacial score (nSPS) is 31.9. The molecule has 4 heteroatoms. The van der Waals surface area contributed by atoms with Crippen molar-refractivity contribution in [3.05, 3.63) is 11.9 Å². The van der Waals surface area contributed by atoms with Crippen LogP contribution in [0.1, 0.15) is 6.42 Å². The molecule has 2 unspecified atom stereocenters. The van der Waals surface area contributed by atoms with Gasteiger partial charge in [0.1, 0.15) is 7.80 Å². The van der Waals surface area contributed by atoms with Gasteiger partial charge in [0.15, 0.2) is 5.85 Å². The minimum Gasteiger partial charge on any atom is -0.416 e. The molecule has 1 rings (SSSR count). The molecule has 0 aromatic heterocycles. The van der Waals surface area contributed by atoms with Crippen molar-refractivity contribution >= 4 is 7.80 Å². The standard InChI is InChI=1S/C5H6NO2P/c6-4-8-5-2-1-3-9(5)7/h1,3,5,9H,2H2. The van der Waals surface area contributed by atoms with E-state index < -0.39 is 7.80 Å². The number of nitrogens with zero attached hydrogens (tertiary/aromatic N) is 1. The first-order valence-electron chi connectivity index (χ1n) is 2.59. The lowest BCUT2D eigenvalue weighted by Gasteiger charge is -2.01. The Balaban J connectivity index is 2.48. The number of nitriles is 1. The van der Waals surface area contributed by atoms with Crippen molar-refractivity contribution in [2.75, 3.05) is 0 Å². The monoisotopic (exact) mass is 143 g/mol. The highest BCUT2D eigenvalue weighted by atomic mass is 31.1. The minimum absolute atomic E-state index is 0.347. The third-order valence-electron chi connectivity index (χ3n) is 1.14. The first-order chi connectivity index (χ1) is 4.34. The summed E-state index contributed by atoms with van der Waals surface area (Å²) in [5.74, 6) is 1.27. The molecular weight excluding hydrogens is 137 g/mol. The molecule has 0 aromatic carbocycles. The zero-order valence-corrected chi connectivity index (χ0v) is 5.70. The Labute approximate surface area is 53.7 Å². The molecule has 2 atom stereocenters. The fraction of sp³-hybridized carbons (Fsp3) is 0.400. The van der Waals surface area contributed by atoms with Crippen molar-refractivity contribution in [3.63, 3.8) is 0 Å². The van der Waals surface area contributed by atoms with E-state index >= 15 is 0 Å². The fourth-order valence-electron chi connectivity index (χ4n) is 0.701. The molecule has 0 radical (unpaired) electrons. The summed E-state index contributed by atoms with van der Waals surface area (Å²) < 4.78 is 15.3. The van der Waals surface area contributed by atoms with Crippen molar-refractivity contribution in [3.8, 4) is 6.26 Å². The molecule has 0 N–H and O–H groups in total. The molecule has 1 heterocycles. The Bertz CT molecular complexity index is 194. The highest BCUT2D eigenvalue weighted by Gasteiger charge is 2.18. The topological polar surface area (TPSA) is 50.1 Å². The Morgan fingerprint density at radius 3 is 3.11 bits per heavy atom. The van der Waals surface area contributed by atoms with Crippen molar-refractivity contribution in [2.45, 2.75) is 12.3 Å². The van der Waals surface area contributed by atoms with Crippen molar-refractivity contribution in [1.29, 1.82) is 5.26 Å². The van der Waals surface area contributed by atoms with Gasteiger partial charge < -0.3 is 9.30 Å². The van der Waals surface area contributed by atoms with Gasteiger partial charge in [-0.05, 0) is 5.82 Å². The quantitative estimate of drug-likeness (QED) is 0.410. The van der Waals surface area contributed by atoms with E-state index in [1.165, 1.54) is 6.26 Å². The highest BCUT2D eigenvalue weighted by molar-refractivity contribution is 7.49. The third kappa shape index (κ3) is 1.34. The van der Waals surface area contributed by atoms with E-state index in [9.17, 15) is 4.57 Å². The maximum absolute atomic E-state index is 10.8. The molecule has 3 nitrogen and oxygen atoms in total. The van der Waals surface area contributed by atoms with Crippen LogP contribution in [0.3, 0.4) is 0 Å². The summed E-state index contributed by atoms with van der Waals surface area (Å²) in [6, 6.07) is 0. The molecule has 1 aliphatic rings. The van der Waals surface area contributed by atoms with Gasteiger partial charge in [0, 0.05) is 6.42 Å². The second kappa shape index (κ2) is 2.70. The second-order valence-corrected chi connectivity index (χ2v) is 3.52. The minimum atomic E-state index is -1.73. The Morgan fingerprint density at radius 1 is 1.89 bits per heavy atom. The molecule has 0 saturated carbocycles. The largest absolute Gasteiger partial charge is 0.416 e. The SMILES string of the molecule is N#COC1CC=C[PH]1=O. The molecule has 0 aliphatic carbocycles. The fourth-order valence-corrected chi connectivity index (χ4v) is 1.82. The maximum atomic E-state index is 10.8. The average molecular weight is 143 g/mol. The molecule has 0 spiro atoms. The molecule has 0 saturated heterocycles. The molecule has 0 aromatic rings. The van der Waals surface area contributed by atoms with Crippen molar-refractivity contribution < 1.29 is 9.30 Å². The van der Waals surface area contributed by atoms with Gasteiger partial charge in [-0.3, -0.25) is 0 Å². The van der Waals surface area contributed by atoms with E-state index in [4.69, 9.17) is 5.26 Å². The summed E-state index contributed by atoms with van der Waals surface area (Å²) in [4.78, 5) is 0. The molecule has 1 aliphatic heterocycles. The van der Waals surface area contributed by atoms with Crippen LogP contribution in [0.4, 0.5) is 0 Å². The summed E-state index contributed by atoms with van der Waals surface area (Å²) in [5.41, 5.74) is 0. The summed E-state index contributed by atoms with van der Waals surface area (Å²) >= 11 is 0. The van der Waals surface area contributed by atoms with Crippen LogP contribution in [0.2, 0.25) is 0 Å². The van der Waals surface area contributed by atoms with Gasteiger partial charge in [-0.25, -0.2) is 0 Å². The van der Waals surface area contributed by atoms with E-state index in [1.54, 1.807) is 11.9 Å². The Morgan fingerprint density at radius 2 is 2.67 bits per heavy atom. The third-order valence-corrected chi connectivity index (χ3v) is 2.70. The molecule has 48 valence electrons. The zero-order valence-electron chi connectivity index (χ0n) is 4.70. The van der Waals surface area contributed by atoms with Gasteiger partial charge in [-0.2, -0.15) is 5.26 Å². The molecule has 9 heavy (non-hydrogen) atoms. The van der Waals surface area contributed by atoms with Crippen LogP contribution in [-0.2, 0) is 9.30 Å². The predicted octanol–water partition coefficient (Wildman–Crippen LogP) is 1.29. The van der Waals surface area contributed by atoms with Gasteiger partial charge in [0.2, 0.25) is 0 Å². The van der Waals surface area contributed by atoms with E-state index in [1.807, 2.05) is 0 Å². The van der Waals surface area contributed by atoms with Crippen LogP contribution in [0.15, 0.2) is 11.9 Å². The van der Waals surface area contributed by atoms with E-state index in [2.05, 4.69) is 4.74 Å². The molecular formula is C5H6NO2P. The van der Waals surface area contributed by atoms with Crippen molar-refractivity contribution in [2.24, 2.45) is 0 Å². The number of rotatable bonds is 1. The van der Waals surface area contributed by atoms with Crippen molar-refractivity contribution in [1.82, 2.24) is 0 Å². The van der Waals surface area contributed by atoms with Gasteiger partial charge in [-0.1, -0.05) is 6.08 Å². The van der Waals surface area contributed by atoms with Crippen LogP contribution in [0.5, 0.6) is 0 Å². The van der Waals surface area contributed by atoms with Gasteiger partial charge >= 0.3 is 0 Å². The Kier molecular flexibility index (Phi) is 1.92. The van der Waals surface area contributed by atoms with Crippen LogP contribution in [0, 0.1) is 11.5 Å². The smallest absolute Gasteiger partial charge is 0.287 e. The van der Waals surface area contributed by atoms with Crippen LogP contribution in [0.25, 0.3) is 0 Å². The van der Waals surface area contributed by atoms with Gasteiger partial charge in [-0.15, -0.1) is 0 Å². The number of hydrogen-bond acceptors (Lipinski definition) is 3. The molecule has 0 fully saturated rings. The predicted molar refractivity (Wildman–Crippen MR) is 33.2 cm³/mol. The van der Waals surface area contributed by atoms with Crippen LogP contribution in [-0.4, -0.2) is 5.85 Å².